The van der Waals surface area contributed by atoms with Crippen molar-refractivity contribution in [2.45, 2.75) is 76.4 Å². The second kappa shape index (κ2) is 9.44. The Kier molecular flexibility index (Phi) is 7.20. The van der Waals surface area contributed by atoms with Crippen LogP contribution >= 0.6 is 0 Å². The smallest absolute Gasteiger partial charge is 0.331 e. The summed E-state index contributed by atoms with van der Waals surface area (Å²) in [7, 11) is 0. The van der Waals surface area contributed by atoms with Gasteiger partial charge in [-0.1, -0.05) is 25.0 Å². The summed E-state index contributed by atoms with van der Waals surface area (Å²) in [6.45, 7) is 0. The highest BCUT2D eigenvalue weighted by Crippen LogP contribution is 2.21. The van der Waals surface area contributed by atoms with Crippen LogP contribution in [0.1, 0.15) is 64.2 Å². The first-order valence-electron chi connectivity index (χ1n) is 8.50. The predicted molar refractivity (Wildman–Crippen MR) is 84.2 cm³/mol. The van der Waals surface area contributed by atoms with Crippen molar-refractivity contribution in [2.24, 2.45) is 0 Å². The molecule has 0 amide bonds. The molecular weight excluding hydrogens is 280 g/mol. The van der Waals surface area contributed by atoms with Crippen molar-refractivity contribution in [1.29, 1.82) is 0 Å². The fourth-order valence-electron chi connectivity index (χ4n) is 3.04. The molecule has 0 spiro atoms. The lowest BCUT2D eigenvalue weighted by Crippen LogP contribution is -2.19. The van der Waals surface area contributed by atoms with Gasteiger partial charge in [0.05, 0.1) is 0 Å². The Morgan fingerprint density at radius 1 is 0.636 bits per heavy atom. The molecule has 0 aromatic rings. The molecule has 2 rings (SSSR count). The number of hydrogen-bond acceptors (Lipinski definition) is 4. The largest absolute Gasteiger partial charge is 0.459 e. The van der Waals surface area contributed by atoms with E-state index in [4.69, 9.17) is 9.47 Å². The molecule has 2 fully saturated rings. The maximum Gasteiger partial charge on any atom is 0.331 e. The predicted octanol–water partition coefficient (Wildman–Crippen LogP) is 3.85. The molecule has 0 N–H and O–H groups in total. The second-order valence-electron chi connectivity index (χ2n) is 6.11. The molecule has 0 aromatic heterocycles. The van der Waals surface area contributed by atoms with Crippen molar-refractivity contribution in [2.75, 3.05) is 0 Å². The molecule has 2 aliphatic rings. The summed E-state index contributed by atoms with van der Waals surface area (Å²) in [5.74, 6) is -0.672. The van der Waals surface area contributed by atoms with Gasteiger partial charge in [-0.15, -0.1) is 0 Å². The number of carbonyl (C=O) groups is 2. The summed E-state index contributed by atoms with van der Waals surface area (Å²) < 4.78 is 10.7. The van der Waals surface area contributed by atoms with Crippen molar-refractivity contribution in [3.63, 3.8) is 0 Å². The van der Waals surface area contributed by atoms with E-state index in [1.807, 2.05) is 0 Å². The third-order valence-electron chi connectivity index (χ3n) is 4.25. The molecule has 0 heterocycles. The van der Waals surface area contributed by atoms with Crippen LogP contribution in [0.15, 0.2) is 24.3 Å². The Balaban J connectivity index is 1.64. The van der Waals surface area contributed by atoms with Gasteiger partial charge in [0.2, 0.25) is 0 Å². The number of carbonyl (C=O) groups excluding carboxylic acids is 2. The number of hydrogen-bond donors (Lipinski definition) is 0. The molecular formula is C18H26O4. The molecule has 2 aliphatic carbocycles. The Hall–Kier alpha value is -1.58. The van der Waals surface area contributed by atoms with Crippen molar-refractivity contribution in [3.05, 3.63) is 24.3 Å². The SMILES string of the molecule is O=C(/C=C/C=C/C(=O)OC1CCCCC1)OC1CCCCC1. The van der Waals surface area contributed by atoms with Crippen LogP contribution in [-0.2, 0) is 19.1 Å². The standard InChI is InChI=1S/C18H26O4/c19-17(21-15-9-3-1-4-10-15)13-7-8-14-18(20)22-16-11-5-2-6-12-16/h7-8,13-16H,1-6,9-12H2/b13-7+,14-8+. The third kappa shape index (κ3) is 6.46. The molecule has 22 heavy (non-hydrogen) atoms. The Morgan fingerprint density at radius 3 is 1.36 bits per heavy atom. The van der Waals surface area contributed by atoms with Gasteiger partial charge in [-0.05, 0) is 51.4 Å². The topological polar surface area (TPSA) is 52.6 Å². The lowest BCUT2D eigenvalue weighted by Gasteiger charge is -2.21. The van der Waals surface area contributed by atoms with Gasteiger partial charge in [0.15, 0.2) is 0 Å². The van der Waals surface area contributed by atoms with Gasteiger partial charge in [0.1, 0.15) is 12.2 Å². The number of allylic oxidation sites excluding steroid dienone is 2. The molecule has 122 valence electrons. The van der Waals surface area contributed by atoms with Crippen LogP contribution in [0.5, 0.6) is 0 Å². The summed E-state index contributed by atoms with van der Waals surface area (Å²) in [5, 5.41) is 0. The first-order chi connectivity index (χ1) is 10.7. The summed E-state index contributed by atoms with van der Waals surface area (Å²) in [5.41, 5.74) is 0. The van der Waals surface area contributed by atoms with E-state index in [1.165, 1.54) is 37.1 Å². The van der Waals surface area contributed by atoms with Gasteiger partial charge in [-0.25, -0.2) is 9.59 Å². The monoisotopic (exact) mass is 306 g/mol. The maximum absolute atomic E-state index is 11.6. The average molecular weight is 306 g/mol. The van der Waals surface area contributed by atoms with E-state index < -0.39 is 0 Å². The van der Waals surface area contributed by atoms with E-state index in [0.29, 0.717) is 0 Å². The zero-order valence-corrected chi connectivity index (χ0v) is 13.2. The minimum atomic E-state index is -0.336. The van der Waals surface area contributed by atoms with Crippen LogP contribution in [0.25, 0.3) is 0 Å². The molecule has 0 aromatic carbocycles. The van der Waals surface area contributed by atoms with Crippen LogP contribution < -0.4 is 0 Å². The normalized spacial score (nSPS) is 21.3. The van der Waals surface area contributed by atoms with Gasteiger partial charge in [-0.3, -0.25) is 0 Å². The number of rotatable bonds is 5. The van der Waals surface area contributed by atoms with Crippen LogP contribution in [0.3, 0.4) is 0 Å². The fourth-order valence-corrected chi connectivity index (χ4v) is 3.04. The summed E-state index contributed by atoms with van der Waals surface area (Å²) >= 11 is 0. The van der Waals surface area contributed by atoms with Crippen LogP contribution in [-0.4, -0.2) is 24.1 Å². The van der Waals surface area contributed by atoms with Gasteiger partial charge in [-0.2, -0.15) is 0 Å². The van der Waals surface area contributed by atoms with E-state index in [-0.39, 0.29) is 24.1 Å². The zero-order valence-electron chi connectivity index (χ0n) is 13.2. The average Bonchev–Trinajstić information content (AvgIpc) is 2.53. The summed E-state index contributed by atoms with van der Waals surface area (Å²) in [6.07, 6.45) is 16.8. The van der Waals surface area contributed by atoms with Gasteiger partial charge < -0.3 is 9.47 Å². The van der Waals surface area contributed by atoms with Crippen molar-refractivity contribution in [1.82, 2.24) is 0 Å². The first-order valence-corrected chi connectivity index (χ1v) is 8.50. The van der Waals surface area contributed by atoms with E-state index in [9.17, 15) is 9.59 Å². The lowest BCUT2D eigenvalue weighted by molar-refractivity contribution is -0.145. The van der Waals surface area contributed by atoms with E-state index in [2.05, 4.69) is 0 Å². The molecule has 4 heteroatoms. The van der Waals surface area contributed by atoms with E-state index in [0.717, 1.165) is 51.4 Å². The molecule has 0 saturated heterocycles. The molecule has 0 bridgehead atoms. The van der Waals surface area contributed by atoms with Gasteiger partial charge >= 0.3 is 11.9 Å². The highest BCUT2D eigenvalue weighted by molar-refractivity contribution is 5.84. The highest BCUT2D eigenvalue weighted by atomic mass is 16.5. The van der Waals surface area contributed by atoms with E-state index >= 15 is 0 Å². The molecule has 0 aliphatic heterocycles. The van der Waals surface area contributed by atoms with Crippen molar-refractivity contribution in [3.8, 4) is 0 Å². The van der Waals surface area contributed by atoms with Crippen LogP contribution in [0.4, 0.5) is 0 Å². The molecule has 0 radical (unpaired) electrons. The maximum atomic E-state index is 11.6. The summed E-state index contributed by atoms with van der Waals surface area (Å²) in [4.78, 5) is 23.2. The Morgan fingerprint density at radius 2 is 1.00 bits per heavy atom. The second-order valence-corrected chi connectivity index (χ2v) is 6.11. The van der Waals surface area contributed by atoms with Gasteiger partial charge in [0, 0.05) is 12.2 Å². The quantitative estimate of drug-likeness (QED) is 0.440. The van der Waals surface area contributed by atoms with Crippen molar-refractivity contribution >= 4 is 11.9 Å². The Labute approximate surface area is 132 Å². The minimum absolute atomic E-state index is 0.0612. The molecule has 0 atom stereocenters. The molecule has 0 unspecified atom stereocenters. The number of esters is 2. The molecule has 4 nitrogen and oxygen atoms in total. The highest BCUT2D eigenvalue weighted by Gasteiger charge is 2.17. The third-order valence-corrected chi connectivity index (χ3v) is 4.25. The van der Waals surface area contributed by atoms with Crippen molar-refractivity contribution < 1.29 is 19.1 Å². The fraction of sp³-hybridized carbons (Fsp3) is 0.667. The first kappa shape index (κ1) is 16.8. The number of ether oxygens (including phenoxy) is 2. The van der Waals surface area contributed by atoms with Crippen LogP contribution in [0.2, 0.25) is 0 Å². The minimum Gasteiger partial charge on any atom is -0.459 e. The lowest BCUT2D eigenvalue weighted by atomic mass is 9.98. The van der Waals surface area contributed by atoms with Crippen LogP contribution in [0, 0.1) is 0 Å². The molecule has 2 saturated carbocycles. The zero-order chi connectivity index (χ0) is 15.6. The Bertz CT molecular complexity index is 373. The summed E-state index contributed by atoms with van der Waals surface area (Å²) in [6, 6.07) is 0. The van der Waals surface area contributed by atoms with E-state index in [1.54, 1.807) is 0 Å². The van der Waals surface area contributed by atoms with Gasteiger partial charge in [0.25, 0.3) is 0 Å².